The van der Waals surface area contributed by atoms with Crippen LogP contribution >= 0.6 is 0 Å². The molecule has 3 nitrogen and oxygen atoms in total. The van der Waals surface area contributed by atoms with Crippen molar-refractivity contribution in [3.05, 3.63) is 151 Å². The van der Waals surface area contributed by atoms with E-state index in [1.807, 2.05) is 24.3 Å². The van der Waals surface area contributed by atoms with E-state index in [0.717, 1.165) is 28.2 Å². The summed E-state index contributed by atoms with van der Waals surface area (Å²) in [5, 5.41) is 5.05. The van der Waals surface area contributed by atoms with Gasteiger partial charge in [0.05, 0.1) is 16.7 Å². The van der Waals surface area contributed by atoms with Crippen molar-refractivity contribution in [2.24, 2.45) is 0 Å². The van der Waals surface area contributed by atoms with Crippen molar-refractivity contribution in [2.45, 2.75) is 19.3 Å². The first-order valence-corrected chi connectivity index (χ1v) is 15.2. The van der Waals surface area contributed by atoms with Crippen LogP contribution in [0.25, 0.3) is 72.2 Å². The molecule has 0 bridgehead atoms. The summed E-state index contributed by atoms with van der Waals surface area (Å²) in [6, 6.07) is 49.5. The van der Waals surface area contributed by atoms with Gasteiger partial charge in [0.2, 0.25) is 0 Å². The molecule has 6 aromatic carbocycles. The molecule has 1 aliphatic carbocycles. The van der Waals surface area contributed by atoms with Gasteiger partial charge in [-0.05, 0) is 33.7 Å². The fourth-order valence-electron chi connectivity index (χ4n) is 7.47. The van der Waals surface area contributed by atoms with Gasteiger partial charge in [0.25, 0.3) is 0 Å². The summed E-state index contributed by atoms with van der Waals surface area (Å²) in [5.41, 5.74) is 10.6. The molecule has 0 amide bonds. The molecule has 2 aromatic heterocycles. The van der Waals surface area contributed by atoms with E-state index in [0.29, 0.717) is 5.82 Å². The van der Waals surface area contributed by atoms with Crippen molar-refractivity contribution in [3.63, 3.8) is 0 Å². The standard InChI is InChI=1S/C41H29N3/c1-41(2)32-23-13-11-21-30(32)36-37-31-22-12-14-24-34(31)44(39(37)29-20-10-9-19-28(29)38(36)41)35-25-33(26-15-5-3-6-16-26)42-40(43-35)27-17-7-4-8-18-27/h3-25H,1-2H3. The topological polar surface area (TPSA) is 30.7 Å². The highest BCUT2D eigenvalue weighted by atomic mass is 15.1. The molecule has 9 rings (SSSR count). The highest BCUT2D eigenvalue weighted by molar-refractivity contribution is 6.26. The Morgan fingerprint density at radius 2 is 1.18 bits per heavy atom. The molecule has 3 heteroatoms. The van der Waals surface area contributed by atoms with E-state index in [1.54, 1.807) is 0 Å². The van der Waals surface area contributed by atoms with E-state index in [4.69, 9.17) is 9.97 Å². The van der Waals surface area contributed by atoms with Crippen LogP contribution in [0.3, 0.4) is 0 Å². The molecule has 0 aliphatic heterocycles. The number of rotatable bonds is 3. The lowest BCUT2D eigenvalue weighted by molar-refractivity contribution is 0.666. The SMILES string of the molecule is CC1(C)c2ccccc2-c2c1c1ccccc1c1c2c2ccccc2n1-c1cc(-c2ccccc2)nc(-c2ccccc2)n1. The first kappa shape index (κ1) is 25.0. The number of nitrogens with zero attached hydrogens (tertiary/aromatic N) is 3. The first-order chi connectivity index (χ1) is 21.6. The summed E-state index contributed by atoms with van der Waals surface area (Å²) in [4.78, 5) is 10.4. The number of hydrogen-bond donors (Lipinski definition) is 0. The molecule has 2 heterocycles. The van der Waals surface area contributed by atoms with E-state index in [-0.39, 0.29) is 5.41 Å². The summed E-state index contributed by atoms with van der Waals surface area (Å²) in [6.07, 6.45) is 0. The van der Waals surface area contributed by atoms with Gasteiger partial charge < -0.3 is 0 Å². The van der Waals surface area contributed by atoms with Crippen LogP contribution in [0.15, 0.2) is 140 Å². The molecular formula is C41H29N3. The van der Waals surface area contributed by atoms with Gasteiger partial charge in [0, 0.05) is 38.8 Å². The minimum Gasteiger partial charge on any atom is -0.293 e. The lowest BCUT2D eigenvalue weighted by Crippen LogP contribution is -2.15. The monoisotopic (exact) mass is 563 g/mol. The predicted molar refractivity (Wildman–Crippen MR) is 182 cm³/mol. The maximum absolute atomic E-state index is 5.30. The lowest BCUT2D eigenvalue weighted by atomic mass is 9.79. The highest BCUT2D eigenvalue weighted by Crippen LogP contribution is 2.56. The van der Waals surface area contributed by atoms with Crippen LogP contribution in [0.2, 0.25) is 0 Å². The molecule has 0 atom stereocenters. The van der Waals surface area contributed by atoms with Crippen molar-refractivity contribution in [1.29, 1.82) is 0 Å². The molecule has 0 radical (unpaired) electrons. The number of para-hydroxylation sites is 1. The Hall–Kier alpha value is -5.54. The van der Waals surface area contributed by atoms with Crippen molar-refractivity contribution >= 4 is 32.6 Å². The molecule has 0 saturated heterocycles. The second kappa shape index (κ2) is 9.23. The minimum absolute atomic E-state index is 0.126. The van der Waals surface area contributed by atoms with Gasteiger partial charge in [-0.3, -0.25) is 4.57 Å². The van der Waals surface area contributed by atoms with Crippen LogP contribution in [0, 0.1) is 0 Å². The summed E-state index contributed by atoms with van der Waals surface area (Å²) in [6.45, 7) is 4.75. The van der Waals surface area contributed by atoms with Crippen LogP contribution in [-0.2, 0) is 5.41 Å². The molecule has 0 unspecified atom stereocenters. The molecule has 0 fully saturated rings. The van der Waals surface area contributed by atoms with Gasteiger partial charge in [-0.15, -0.1) is 0 Å². The Labute approximate surface area is 256 Å². The molecule has 8 aromatic rings. The van der Waals surface area contributed by atoms with E-state index in [2.05, 4.69) is 134 Å². The van der Waals surface area contributed by atoms with Gasteiger partial charge in [-0.25, -0.2) is 9.97 Å². The fraction of sp³-hybridized carbons (Fsp3) is 0.0732. The maximum atomic E-state index is 5.30. The van der Waals surface area contributed by atoms with Gasteiger partial charge in [0.1, 0.15) is 5.82 Å². The summed E-state index contributed by atoms with van der Waals surface area (Å²) < 4.78 is 2.38. The van der Waals surface area contributed by atoms with Gasteiger partial charge in [0.15, 0.2) is 5.82 Å². The molecule has 208 valence electrons. The van der Waals surface area contributed by atoms with Crippen LogP contribution in [0.1, 0.15) is 25.0 Å². The molecule has 1 aliphatic rings. The minimum atomic E-state index is -0.126. The van der Waals surface area contributed by atoms with E-state index < -0.39 is 0 Å². The molecular weight excluding hydrogens is 534 g/mol. The lowest BCUT2D eigenvalue weighted by Gasteiger charge is -2.24. The highest BCUT2D eigenvalue weighted by Gasteiger charge is 2.39. The normalized spacial score (nSPS) is 13.4. The fourth-order valence-corrected chi connectivity index (χ4v) is 7.47. The smallest absolute Gasteiger partial charge is 0.162 e. The number of aromatic nitrogens is 3. The second-order valence-electron chi connectivity index (χ2n) is 12.2. The van der Waals surface area contributed by atoms with Crippen molar-refractivity contribution in [3.8, 4) is 39.6 Å². The first-order valence-electron chi connectivity index (χ1n) is 15.2. The second-order valence-corrected chi connectivity index (χ2v) is 12.2. The predicted octanol–water partition coefficient (Wildman–Crippen LogP) is 10.4. The third-order valence-electron chi connectivity index (χ3n) is 9.36. The Bertz CT molecular complexity index is 2340. The van der Waals surface area contributed by atoms with Gasteiger partial charge in [-0.2, -0.15) is 0 Å². The molecule has 44 heavy (non-hydrogen) atoms. The van der Waals surface area contributed by atoms with E-state index in [1.165, 1.54) is 49.3 Å². The van der Waals surface area contributed by atoms with E-state index >= 15 is 0 Å². The van der Waals surface area contributed by atoms with Crippen molar-refractivity contribution in [2.75, 3.05) is 0 Å². The number of benzene rings is 6. The summed E-state index contributed by atoms with van der Waals surface area (Å²) in [5.74, 6) is 1.57. The Morgan fingerprint density at radius 1 is 0.568 bits per heavy atom. The zero-order valence-electron chi connectivity index (χ0n) is 24.6. The Morgan fingerprint density at radius 3 is 1.95 bits per heavy atom. The zero-order valence-corrected chi connectivity index (χ0v) is 24.6. The van der Waals surface area contributed by atoms with Gasteiger partial charge >= 0.3 is 0 Å². The van der Waals surface area contributed by atoms with Crippen LogP contribution < -0.4 is 0 Å². The zero-order chi connectivity index (χ0) is 29.4. The van der Waals surface area contributed by atoms with Crippen molar-refractivity contribution in [1.82, 2.24) is 14.5 Å². The Balaban J connectivity index is 1.48. The third-order valence-corrected chi connectivity index (χ3v) is 9.36. The summed E-state index contributed by atoms with van der Waals surface area (Å²) >= 11 is 0. The quantitative estimate of drug-likeness (QED) is 0.214. The van der Waals surface area contributed by atoms with Crippen LogP contribution in [0.4, 0.5) is 0 Å². The number of fused-ring (bicyclic) bond motifs is 10. The third kappa shape index (κ3) is 3.44. The summed E-state index contributed by atoms with van der Waals surface area (Å²) in [7, 11) is 0. The van der Waals surface area contributed by atoms with Crippen LogP contribution in [-0.4, -0.2) is 14.5 Å². The average molecular weight is 564 g/mol. The number of hydrogen-bond acceptors (Lipinski definition) is 2. The van der Waals surface area contributed by atoms with Crippen molar-refractivity contribution < 1.29 is 0 Å². The van der Waals surface area contributed by atoms with E-state index in [9.17, 15) is 0 Å². The molecule has 0 saturated carbocycles. The molecule has 0 N–H and O–H groups in total. The van der Waals surface area contributed by atoms with Crippen LogP contribution in [0.5, 0.6) is 0 Å². The Kier molecular flexibility index (Phi) is 5.24. The van der Waals surface area contributed by atoms with Gasteiger partial charge in [-0.1, -0.05) is 141 Å². The largest absolute Gasteiger partial charge is 0.293 e. The maximum Gasteiger partial charge on any atom is 0.162 e. The average Bonchev–Trinajstić information content (AvgIpc) is 3.55. The molecule has 0 spiro atoms.